The molecule has 0 atom stereocenters. The van der Waals surface area contributed by atoms with E-state index < -0.39 is 0 Å². The molecule has 2 aromatic carbocycles. The number of nitrogens with zero attached hydrogens (tertiary/aromatic N) is 3. The van der Waals surface area contributed by atoms with Crippen molar-refractivity contribution in [2.45, 2.75) is 12.7 Å². The number of aliphatic hydroxyl groups excluding tert-OH is 1. The summed E-state index contributed by atoms with van der Waals surface area (Å²) in [6.45, 7) is 9.19. The fourth-order valence-electron chi connectivity index (χ4n) is 3.36. The second-order valence-electron chi connectivity index (χ2n) is 7.07. The van der Waals surface area contributed by atoms with Crippen LogP contribution < -0.4 is 14.8 Å². The molecule has 0 unspecified atom stereocenters. The van der Waals surface area contributed by atoms with Crippen LogP contribution in [-0.2, 0) is 6.61 Å². The normalized spacial score (nSPS) is 13.6. The molecular weight excluding hydrogens is 380 g/mol. The van der Waals surface area contributed by atoms with Crippen LogP contribution in [0.25, 0.3) is 10.9 Å². The zero-order chi connectivity index (χ0) is 21.1. The van der Waals surface area contributed by atoms with Crippen molar-refractivity contribution >= 4 is 22.4 Å². The number of allylic oxidation sites excluding steroid dienone is 1. The van der Waals surface area contributed by atoms with E-state index in [1.807, 2.05) is 36.4 Å². The Balaban J connectivity index is 1.62. The van der Waals surface area contributed by atoms with Crippen LogP contribution in [0.15, 0.2) is 67.7 Å². The Morgan fingerprint density at radius 3 is 2.83 bits per heavy atom. The van der Waals surface area contributed by atoms with Gasteiger partial charge in [-0.05, 0) is 29.8 Å². The van der Waals surface area contributed by atoms with Crippen molar-refractivity contribution < 1.29 is 14.6 Å². The molecular formula is C23H24N4O3. The molecule has 0 aliphatic carbocycles. The third-order valence-electron chi connectivity index (χ3n) is 5.08. The highest BCUT2D eigenvalue weighted by Gasteiger charge is 2.29. The van der Waals surface area contributed by atoms with Gasteiger partial charge in [0.15, 0.2) is 11.5 Å². The van der Waals surface area contributed by atoms with Gasteiger partial charge >= 0.3 is 0 Å². The highest BCUT2D eigenvalue weighted by molar-refractivity contribution is 5.93. The van der Waals surface area contributed by atoms with Gasteiger partial charge in [0.25, 0.3) is 0 Å². The molecule has 1 aliphatic heterocycles. The number of methoxy groups -OCH3 is 1. The second-order valence-corrected chi connectivity index (χ2v) is 7.07. The van der Waals surface area contributed by atoms with Gasteiger partial charge in [0.1, 0.15) is 18.2 Å². The summed E-state index contributed by atoms with van der Waals surface area (Å²) in [4.78, 5) is 10.9. The summed E-state index contributed by atoms with van der Waals surface area (Å²) in [5.41, 5.74) is 3.28. The Hall–Kier alpha value is -3.58. The number of benzene rings is 2. The molecule has 30 heavy (non-hydrogen) atoms. The van der Waals surface area contributed by atoms with E-state index in [0.717, 1.165) is 40.9 Å². The van der Waals surface area contributed by atoms with Gasteiger partial charge in [0, 0.05) is 22.8 Å². The van der Waals surface area contributed by atoms with Crippen LogP contribution in [0, 0.1) is 0 Å². The minimum atomic E-state index is -0.0219. The molecule has 3 aromatic rings. The number of likely N-dealkylation sites (tertiary alicyclic amines) is 1. The fraction of sp³-hybridized carbons (Fsp3) is 0.217. The lowest BCUT2D eigenvalue weighted by atomic mass is 10.1. The third kappa shape index (κ3) is 3.92. The van der Waals surface area contributed by atoms with Crippen LogP contribution in [0.3, 0.4) is 0 Å². The Morgan fingerprint density at radius 2 is 2.10 bits per heavy atom. The van der Waals surface area contributed by atoms with E-state index in [2.05, 4.69) is 33.3 Å². The smallest absolute Gasteiger partial charge is 0.162 e. The first kappa shape index (κ1) is 19.7. The molecule has 1 aromatic heterocycles. The minimum Gasteiger partial charge on any atom is -0.493 e. The van der Waals surface area contributed by atoms with Gasteiger partial charge < -0.3 is 24.8 Å². The summed E-state index contributed by atoms with van der Waals surface area (Å²) in [5, 5.41) is 13.5. The van der Waals surface area contributed by atoms with E-state index in [1.165, 1.54) is 6.33 Å². The summed E-state index contributed by atoms with van der Waals surface area (Å²) in [7, 11) is 1.61. The number of fused-ring (bicyclic) bond motifs is 1. The summed E-state index contributed by atoms with van der Waals surface area (Å²) in [6.07, 6.45) is 3.29. The lowest BCUT2D eigenvalue weighted by Gasteiger charge is -2.41. The van der Waals surface area contributed by atoms with Crippen LogP contribution in [0.5, 0.6) is 11.5 Å². The van der Waals surface area contributed by atoms with E-state index >= 15 is 0 Å². The van der Waals surface area contributed by atoms with Crippen LogP contribution in [0.2, 0.25) is 0 Å². The number of aromatic nitrogens is 2. The van der Waals surface area contributed by atoms with Gasteiger partial charge in [-0.1, -0.05) is 25.3 Å². The molecule has 1 fully saturated rings. The number of hydrogen-bond acceptors (Lipinski definition) is 7. The van der Waals surface area contributed by atoms with Crippen LogP contribution in [0.1, 0.15) is 5.56 Å². The summed E-state index contributed by atoms with van der Waals surface area (Å²) in [5.74, 6) is 1.91. The predicted octanol–water partition coefficient (Wildman–Crippen LogP) is 3.64. The highest BCUT2D eigenvalue weighted by atomic mass is 16.5. The molecule has 2 N–H and O–H groups in total. The van der Waals surface area contributed by atoms with Crippen molar-refractivity contribution in [1.29, 1.82) is 0 Å². The maximum Gasteiger partial charge on any atom is 0.162 e. The topological polar surface area (TPSA) is 79.7 Å². The van der Waals surface area contributed by atoms with Crippen molar-refractivity contribution in [2.24, 2.45) is 0 Å². The van der Waals surface area contributed by atoms with Crippen molar-refractivity contribution in [3.8, 4) is 11.5 Å². The Labute approximate surface area is 175 Å². The number of anilines is 2. The number of hydrogen-bond donors (Lipinski definition) is 2. The molecule has 7 nitrogen and oxygen atoms in total. The first-order chi connectivity index (χ1) is 14.6. The van der Waals surface area contributed by atoms with E-state index in [1.54, 1.807) is 13.2 Å². The average Bonchev–Trinajstić information content (AvgIpc) is 2.75. The largest absolute Gasteiger partial charge is 0.493 e. The van der Waals surface area contributed by atoms with Crippen molar-refractivity contribution in [3.63, 3.8) is 0 Å². The zero-order valence-corrected chi connectivity index (χ0v) is 16.8. The first-order valence-electron chi connectivity index (χ1n) is 9.63. The Kier molecular flexibility index (Phi) is 5.54. The maximum atomic E-state index is 9.38. The number of rotatable bonds is 8. The van der Waals surface area contributed by atoms with Crippen molar-refractivity contribution in [2.75, 3.05) is 25.5 Å². The molecule has 2 heterocycles. The zero-order valence-electron chi connectivity index (χ0n) is 16.8. The lowest BCUT2D eigenvalue weighted by Crippen LogP contribution is -2.52. The van der Waals surface area contributed by atoms with E-state index in [-0.39, 0.29) is 12.7 Å². The molecule has 0 saturated carbocycles. The van der Waals surface area contributed by atoms with E-state index in [9.17, 15) is 5.11 Å². The number of nitrogens with one attached hydrogen (secondary N) is 1. The highest BCUT2D eigenvalue weighted by Crippen LogP contribution is 2.36. The van der Waals surface area contributed by atoms with Gasteiger partial charge in [0.2, 0.25) is 0 Å². The van der Waals surface area contributed by atoms with Gasteiger partial charge in [-0.25, -0.2) is 9.97 Å². The summed E-state index contributed by atoms with van der Waals surface area (Å²) < 4.78 is 11.7. The van der Waals surface area contributed by atoms with Crippen LogP contribution in [-0.4, -0.2) is 46.3 Å². The number of aliphatic hydroxyl groups is 1. The molecule has 0 amide bonds. The minimum absolute atomic E-state index is 0.0219. The number of ether oxygens (including phenoxy) is 2. The first-order valence-corrected chi connectivity index (χ1v) is 9.63. The average molecular weight is 404 g/mol. The van der Waals surface area contributed by atoms with Gasteiger partial charge in [-0.15, -0.1) is 0 Å². The van der Waals surface area contributed by atoms with Crippen LogP contribution in [0.4, 0.5) is 11.5 Å². The predicted molar refractivity (Wildman–Crippen MR) is 117 cm³/mol. The van der Waals surface area contributed by atoms with E-state index in [0.29, 0.717) is 17.3 Å². The molecule has 0 bridgehead atoms. The van der Waals surface area contributed by atoms with Gasteiger partial charge in [-0.3, -0.25) is 0 Å². The second kappa shape index (κ2) is 8.42. The standard InChI is InChI=1S/C23H24N4O3/c1-4-15(2)27-11-18(12-27)30-22-9-19-20(10-21(22)29-3)24-14-25-23(19)26-17-7-5-6-16(8-17)13-28/h4-10,14,18,28H,1-2,11-13H2,3H3,(H,24,25,26). The molecule has 4 rings (SSSR count). The Bertz CT molecular complexity index is 1090. The summed E-state index contributed by atoms with van der Waals surface area (Å²) >= 11 is 0. The molecule has 1 aliphatic rings. The quantitative estimate of drug-likeness (QED) is 0.555. The summed E-state index contributed by atoms with van der Waals surface area (Å²) in [6, 6.07) is 11.3. The lowest BCUT2D eigenvalue weighted by molar-refractivity contribution is 0.0454. The molecule has 7 heteroatoms. The molecule has 0 radical (unpaired) electrons. The molecule has 1 saturated heterocycles. The monoisotopic (exact) mass is 404 g/mol. The fourth-order valence-corrected chi connectivity index (χ4v) is 3.36. The van der Waals surface area contributed by atoms with Gasteiger partial charge in [0.05, 0.1) is 32.3 Å². The SMILES string of the molecule is C=CC(=C)N1CC(Oc2cc3c(Nc4cccc(CO)c4)ncnc3cc2OC)C1. The van der Waals surface area contributed by atoms with Crippen LogP contribution >= 0.6 is 0 Å². The van der Waals surface area contributed by atoms with Gasteiger partial charge in [-0.2, -0.15) is 0 Å². The molecule has 154 valence electrons. The van der Waals surface area contributed by atoms with Crippen molar-refractivity contribution in [1.82, 2.24) is 14.9 Å². The Morgan fingerprint density at radius 1 is 1.27 bits per heavy atom. The van der Waals surface area contributed by atoms with Crippen molar-refractivity contribution in [3.05, 3.63) is 73.2 Å². The maximum absolute atomic E-state index is 9.38. The third-order valence-corrected chi connectivity index (χ3v) is 5.08. The van der Waals surface area contributed by atoms with E-state index in [4.69, 9.17) is 9.47 Å². The molecule has 0 spiro atoms.